The van der Waals surface area contributed by atoms with Gasteiger partial charge in [0.05, 0.1) is 24.4 Å². The minimum absolute atomic E-state index is 0.267. The first kappa shape index (κ1) is 20.6. The monoisotopic (exact) mass is 438 g/mol. The number of alkyl halides is 3. The Hall–Kier alpha value is -2.62. The highest BCUT2D eigenvalue weighted by Crippen LogP contribution is 2.35. The van der Waals surface area contributed by atoms with Gasteiger partial charge in [-0.15, -0.1) is 11.3 Å². The van der Waals surface area contributed by atoms with Crippen LogP contribution in [0, 0.1) is 5.92 Å². The van der Waals surface area contributed by atoms with Crippen molar-refractivity contribution < 1.29 is 22.7 Å². The summed E-state index contributed by atoms with van der Waals surface area (Å²) in [6.07, 6.45) is 1.83. The summed E-state index contributed by atoms with van der Waals surface area (Å²) >= 11 is 0.643. The zero-order chi connectivity index (χ0) is 21.5. The van der Waals surface area contributed by atoms with Crippen molar-refractivity contribution in [3.63, 3.8) is 0 Å². The third-order valence-electron chi connectivity index (χ3n) is 5.44. The molecule has 1 N–H and O–H groups in total. The van der Waals surface area contributed by atoms with Gasteiger partial charge in [0.2, 0.25) is 0 Å². The van der Waals surface area contributed by atoms with Crippen molar-refractivity contribution >= 4 is 33.8 Å². The fourth-order valence-corrected chi connectivity index (χ4v) is 4.43. The van der Waals surface area contributed by atoms with Crippen molar-refractivity contribution in [2.24, 2.45) is 5.92 Å². The normalized spacial score (nSPS) is 19.8. The second-order valence-corrected chi connectivity index (χ2v) is 8.48. The van der Waals surface area contributed by atoms with Gasteiger partial charge in [-0.05, 0) is 37.7 Å². The Balaban J connectivity index is 1.58. The maximum Gasteiger partial charge on any atom is 0.434 e. The molecule has 6 nitrogen and oxygen atoms in total. The zero-order valence-electron chi connectivity index (χ0n) is 16.5. The maximum absolute atomic E-state index is 12.7. The number of halogens is 3. The maximum atomic E-state index is 12.7. The number of carbonyl (C=O) groups excluding carboxylic acids is 1. The quantitative estimate of drug-likeness (QED) is 0.582. The number of rotatable bonds is 4. The Morgan fingerprint density at radius 3 is 2.63 bits per heavy atom. The lowest BCUT2D eigenvalue weighted by atomic mass is 9.87. The number of aromatic nitrogens is 3. The third-order valence-corrected chi connectivity index (χ3v) is 6.28. The van der Waals surface area contributed by atoms with Crippen LogP contribution in [0.4, 0.5) is 18.9 Å². The molecule has 1 aliphatic carbocycles. The van der Waals surface area contributed by atoms with E-state index in [9.17, 15) is 18.0 Å². The summed E-state index contributed by atoms with van der Waals surface area (Å²) in [5, 5.41) is 8.65. The number of methoxy groups -OCH3 is 1. The Morgan fingerprint density at radius 2 is 2.00 bits per heavy atom. The summed E-state index contributed by atoms with van der Waals surface area (Å²) in [5.74, 6) is 0.393. The van der Waals surface area contributed by atoms with Crippen molar-refractivity contribution in [2.75, 3.05) is 12.4 Å². The molecule has 2 heterocycles. The second-order valence-electron chi connectivity index (χ2n) is 7.62. The Bertz CT molecular complexity index is 1070. The van der Waals surface area contributed by atoms with Gasteiger partial charge < -0.3 is 10.1 Å². The molecule has 1 fully saturated rings. The van der Waals surface area contributed by atoms with E-state index in [1.807, 2.05) is 10.9 Å². The largest absolute Gasteiger partial charge is 0.494 e. The standard InChI is InChI=1S/C20H21F3N4O2S/c1-11-3-5-13(6-4-11)27-9-12-7-15(16(29-2)8-14(12)26-27)24-18(28)19-25-17(10-30-19)20(21,22)23/h7-11,13H,3-6H2,1-2H3,(H,24,28). The van der Waals surface area contributed by atoms with Crippen molar-refractivity contribution in [3.05, 3.63) is 34.4 Å². The molecule has 160 valence electrons. The Morgan fingerprint density at radius 1 is 1.27 bits per heavy atom. The third kappa shape index (κ3) is 4.14. The summed E-state index contributed by atoms with van der Waals surface area (Å²) in [5.41, 5.74) is 0.01000. The van der Waals surface area contributed by atoms with E-state index in [4.69, 9.17) is 4.74 Å². The molecule has 0 unspecified atom stereocenters. The molecule has 0 atom stereocenters. The molecule has 1 aliphatic rings. The van der Waals surface area contributed by atoms with E-state index in [0.29, 0.717) is 28.8 Å². The first-order chi connectivity index (χ1) is 14.2. The van der Waals surface area contributed by atoms with Crippen LogP contribution in [0.5, 0.6) is 5.75 Å². The number of ether oxygens (including phenoxy) is 1. The topological polar surface area (TPSA) is 69.0 Å². The minimum Gasteiger partial charge on any atom is -0.494 e. The van der Waals surface area contributed by atoms with Gasteiger partial charge in [-0.2, -0.15) is 18.3 Å². The van der Waals surface area contributed by atoms with Crippen LogP contribution in [0.15, 0.2) is 23.7 Å². The number of fused-ring (bicyclic) bond motifs is 1. The molecule has 4 rings (SSSR count). The molecule has 30 heavy (non-hydrogen) atoms. The van der Waals surface area contributed by atoms with Crippen LogP contribution < -0.4 is 10.1 Å². The predicted molar refractivity (Wildman–Crippen MR) is 108 cm³/mol. The van der Waals surface area contributed by atoms with Gasteiger partial charge in [-0.25, -0.2) is 4.98 Å². The Labute approximate surface area is 175 Å². The molecule has 3 aromatic rings. The fourth-order valence-electron chi connectivity index (χ4n) is 3.72. The zero-order valence-corrected chi connectivity index (χ0v) is 17.3. The second kappa shape index (κ2) is 7.90. The van der Waals surface area contributed by atoms with E-state index in [-0.39, 0.29) is 5.01 Å². The van der Waals surface area contributed by atoms with Crippen LogP contribution in [0.2, 0.25) is 0 Å². The van der Waals surface area contributed by atoms with Gasteiger partial charge in [0.25, 0.3) is 5.91 Å². The molecule has 10 heteroatoms. The highest BCUT2D eigenvalue weighted by Gasteiger charge is 2.34. The average Bonchev–Trinajstić information content (AvgIpc) is 3.35. The minimum atomic E-state index is -4.59. The molecule has 1 saturated carbocycles. The lowest BCUT2D eigenvalue weighted by Gasteiger charge is -2.26. The summed E-state index contributed by atoms with van der Waals surface area (Å²) in [6.45, 7) is 2.26. The summed E-state index contributed by atoms with van der Waals surface area (Å²) in [4.78, 5) is 15.8. The molecule has 0 spiro atoms. The van der Waals surface area contributed by atoms with Crippen molar-refractivity contribution in [3.8, 4) is 5.75 Å². The van der Waals surface area contributed by atoms with Gasteiger partial charge in [0.1, 0.15) is 5.75 Å². The number of nitrogens with one attached hydrogen (secondary N) is 1. The number of nitrogens with zero attached hydrogens (tertiary/aromatic N) is 3. The molecule has 1 aromatic carbocycles. The molecule has 0 saturated heterocycles. The Kier molecular flexibility index (Phi) is 5.44. The molecule has 0 bridgehead atoms. The summed E-state index contributed by atoms with van der Waals surface area (Å²) in [6, 6.07) is 3.78. The summed E-state index contributed by atoms with van der Waals surface area (Å²) < 4.78 is 45.6. The van der Waals surface area contributed by atoms with E-state index < -0.39 is 17.8 Å². The van der Waals surface area contributed by atoms with Gasteiger partial charge in [-0.3, -0.25) is 9.48 Å². The lowest BCUT2D eigenvalue weighted by molar-refractivity contribution is -0.140. The molecule has 0 radical (unpaired) electrons. The first-order valence-corrected chi connectivity index (χ1v) is 10.5. The molecule has 2 aromatic heterocycles. The smallest absolute Gasteiger partial charge is 0.434 e. The van der Waals surface area contributed by atoms with E-state index in [1.54, 1.807) is 12.1 Å². The fraction of sp³-hybridized carbons (Fsp3) is 0.450. The molecule has 0 aliphatic heterocycles. The van der Waals surface area contributed by atoms with Crippen molar-refractivity contribution in [1.82, 2.24) is 14.8 Å². The van der Waals surface area contributed by atoms with Crippen LogP contribution in [-0.4, -0.2) is 27.8 Å². The number of benzene rings is 1. The van der Waals surface area contributed by atoms with Crippen molar-refractivity contribution in [2.45, 2.75) is 44.8 Å². The van der Waals surface area contributed by atoms with E-state index in [0.717, 1.165) is 35.0 Å². The summed E-state index contributed by atoms with van der Waals surface area (Å²) in [7, 11) is 1.46. The number of anilines is 1. The number of carbonyl (C=O) groups is 1. The first-order valence-electron chi connectivity index (χ1n) is 9.65. The van der Waals surface area contributed by atoms with Crippen LogP contribution in [0.25, 0.3) is 10.9 Å². The molecular weight excluding hydrogens is 417 g/mol. The predicted octanol–water partition coefficient (Wildman–Crippen LogP) is 5.52. The van der Waals surface area contributed by atoms with Crippen LogP contribution in [-0.2, 0) is 6.18 Å². The number of thiazole rings is 1. The van der Waals surface area contributed by atoms with Crippen LogP contribution in [0.3, 0.4) is 0 Å². The van der Waals surface area contributed by atoms with Crippen LogP contribution in [0.1, 0.15) is 54.1 Å². The van der Waals surface area contributed by atoms with E-state index in [1.165, 1.54) is 20.0 Å². The van der Waals surface area contributed by atoms with Crippen molar-refractivity contribution in [1.29, 1.82) is 0 Å². The average molecular weight is 438 g/mol. The number of hydrogen-bond donors (Lipinski definition) is 1. The van der Waals surface area contributed by atoms with Crippen LogP contribution >= 0.6 is 11.3 Å². The van der Waals surface area contributed by atoms with Gasteiger partial charge in [-0.1, -0.05) is 6.92 Å². The van der Waals surface area contributed by atoms with E-state index in [2.05, 4.69) is 22.3 Å². The highest BCUT2D eigenvalue weighted by molar-refractivity contribution is 7.11. The van der Waals surface area contributed by atoms with Gasteiger partial charge in [0.15, 0.2) is 10.7 Å². The SMILES string of the molecule is COc1cc2nn(C3CCC(C)CC3)cc2cc1NC(=O)c1nc(C(F)(F)F)cs1. The molecule has 1 amide bonds. The number of hydrogen-bond acceptors (Lipinski definition) is 5. The lowest BCUT2D eigenvalue weighted by Crippen LogP contribution is -2.16. The van der Waals surface area contributed by atoms with Gasteiger partial charge in [0, 0.05) is 23.0 Å². The number of amides is 1. The van der Waals surface area contributed by atoms with E-state index >= 15 is 0 Å². The van der Waals surface area contributed by atoms with Gasteiger partial charge >= 0.3 is 6.18 Å². The highest BCUT2D eigenvalue weighted by atomic mass is 32.1. The molecular formula is C20H21F3N4O2S.